The van der Waals surface area contributed by atoms with E-state index in [9.17, 15) is 8.42 Å². The molecule has 1 aromatic carbocycles. The Morgan fingerprint density at radius 3 is 2.68 bits per heavy atom. The molecule has 0 radical (unpaired) electrons. The molecular formula is C12H18ClN3O2S. The quantitative estimate of drug-likeness (QED) is 0.877. The van der Waals surface area contributed by atoms with Gasteiger partial charge in [0.25, 0.3) is 10.2 Å². The highest BCUT2D eigenvalue weighted by atomic mass is 35.5. The Hall–Kier alpha value is -0.660. The van der Waals surface area contributed by atoms with E-state index in [1.165, 1.54) is 4.31 Å². The van der Waals surface area contributed by atoms with Gasteiger partial charge in [-0.2, -0.15) is 17.4 Å². The van der Waals surface area contributed by atoms with Gasteiger partial charge in [-0.1, -0.05) is 23.7 Å². The Balaban J connectivity index is 2.07. The van der Waals surface area contributed by atoms with Crippen LogP contribution in [0.2, 0.25) is 5.02 Å². The van der Waals surface area contributed by atoms with Crippen LogP contribution in [-0.2, 0) is 10.2 Å². The molecule has 2 N–H and O–H groups in total. The summed E-state index contributed by atoms with van der Waals surface area (Å²) in [5.74, 6) is 0. The van der Waals surface area contributed by atoms with E-state index in [0.717, 1.165) is 5.56 Å². The molecule has 0 aliphatic carbocycles. The SMILES string of the molecule is CC(NS(=O)(=O)N1CCNCC1)c1cccc(Cl)c1. The molecule has 1 heterocycles. The van der Waals surface area contributed by atoms with Crippen molar-refractivity contribution >= 4 is 21.8 Å². The van der Waals surface area contributed by atoms with E-state index >= 15 is 0 Å². The van der Waals surface area contributed by atoms with E-state index in [1.54, 1.807) is 12.1 Å². The zero-order chi connectivity index (χ0) is 13.9. The minimum atomic E-state index is -3.44. The van der Waals surface area contributed by atoms with Crippen LogP contribution in [-0.4, -0.2) is 38.9 Å². The third-order valence-corrected chi connectivity index (χ3v) is 5.02. The van der Waals surface area contributed by atoms with Crippen molar-refractivity contribution in [2.24, 2.45) is 0 Å². The monoisotopic (exact) mass is 303 g/mol. The fourth-order valence-electron chi connectivity index (χ4n) is 2.03. The molecule has 1 saturated heterocycles. The number of hydrogen-bond acceptors (Lipinski definition) is 3. The summed E-state index contributed by atoms with van der Waals surface area (Å²) in [5.41, 5.74) is 0.853. The van der Waals surface area contributed by atoms with Crippen molar-refractivity contribution in [2.75, 3.05) is 26.2 Å². The summed E-state index contributed by atoms with van der Waals surface area (Å²) >= 11 is 5.91. The molecule has 19 heavy (non-hydrogen) atoms. The van der Waals surface area contributed by atoms with E-state index in [-0.39, 0.29) is 6.04 Å². The highest BCUT2D eigenvalue weighted by molar-refractivity contribution is 7.87. The first kappa shape index (κ1) is 14.7. The summed E-state index contributed by atoms with van der Waals surface area (Å²) in [4.78, 5) is 0. The van der Waals surface area contributed by atoms with E-state index in [2.05, 4.69) is 10.0 Å². The van der Waals surface area contributed by atoms with Gasteiger partial charge in [-0.3, -0.25) is 0 Å². The van der Waals surface area contributed by atoms with E-state index in [0.29, 0.717) is 31.2 Å². The van der Waals surface area contributed by atoms with Crippen molar-refractivity contribution in [2.45, 2.75) is 13.0 Å². The topological polar surface area (TPSA) is 61.4 Å². The summed E-state index contributed by atoms with van der Waals surface area (Å²) in [6, 6.07) is 6.90. The second-order valence-electron chi connectivity index (χ2n) is 4.55. The van der Waals surface area contributed by atoms with Gasteiger partial charge in [-0.15, -0.1) is 0 Å². The number of benzene rings is 1. The predicted molar refractivity (Wildman–Crippen MR) is 76.4 cm³/mol. The lowest BCUT2D eigenvalue weighted by atomic mass is 10.1. The van der Waals surface area contributed by atoms with Crippen molar-refractivity contribution in [3.05, 3.63) is 34.9 Å². The van der Waals surface area contributed by atoms with Gasteiger partial charge in [0.15, 0.2) is 0 Å². The van der Waals surface area contributed by atoms with Crippen LogP contribution in [0.15, 0.2) is 24.3 Å². The van der Waals surface area contributed by atoms with Crippen molar-refractivity contribution < 1.29 is 8.42 Å². The minimum absolute atomic E-state index is 0.307. The zero-order valence-corrected chi connectivity index (χ0v) is 12.3. The molecule has 0 saturated carbocycles. The van der Waals surface area contributed by atoms with Gasteiger partial charge in [0.2, 0.25) is 0 Å². The summed E-state index contributed by atoms with van der Waals surface area (Å²) in [7, 11) is -3.44. The van der Waals surface area contributed by atoms with Crippen molar-refractivity contribution in [3.8, 4) is 0 Å². The number of piperazine rings is 1. The molecule has 0 amide bonds. The number of nitrogens with one attached hydrogen (secondary N) is 2. The Kier molecular flexibility index (Phi) is 4.81. The molecule has 0 aromatic heterocycles. The first-order chi connectivity index (χ1) is 8.99. The van der Waals surface area contributed by atoms with Crippen LogP contribution in [0, 0.1) is 0 Å². The third-order valence-electron chi connectivity index (χ3n) is 3.09. The minimum Gasteiger partial charge on any atom is -0.314 e. The van der Waals surface area contributed by atoms with Crippen LogP contribution in [0.5, 0.6) is 0 Å². The fraction of sp³-hybridized carbons (Fsp3) is 0.500. The molecule has 0 spiro atoms. The molecular weight excluding hydrogens is 286 g/mol. The van der Waals surface area contributed by atoms with Gasteiger partial charge in [0, 0.05) is 37.2 Å². The van der Waals surface area contributed by atoms with Crippen molar-refractivity contribution in [1.29, 1.82) is 0 Å². The maximum atomic E-state index is 12.2. The lowest BCUT2D eigenvalue weighted by Gasteiger charge is -2.28. The Morgan fingerprint density at radius 2 is 2.05 bits per heavy atom. The molecule has 1 fully saturated rings. The van der Waals surface area contributed by atoms with E-state index in [1.807, 2.05) is 19.1 Å². The van der Waals surface area contributed by atoms with E-state index in [4.69, 9.17) is 11.6 Å². The summed E-state index contributed by atoms with van der Waals surface area (Å²) in [6.45, 7) is 4.18. The first-order valence-corrected chi connectivity index (χ1v) is 8.04. The lowest BCUT2D eigenvalue weighted by molar-refractivity contribution is 0.352. The summed E-state index contributed by atoms with van der Waals surface area (Å²) in [6.07, 6.45) is 0. The maximum absolute atomic E-state index is 12.2. The molecule has 106 valence electrons. The normalized spacial score (nSPS) is 19.3. The largest absolute Gasteiger partial charge is 0.314 e. The van der Waals surface area contributed by atoms with Crippen LogP contribution in [0.25, 0.3) is 0 Å². The van der Waals surface area contributed by atoms with Gasteiger partial charge in [-0.25, -0.2) is 0 Å². The van der Waals surface area contributed by atoms with Crippen LogP contribution >= 0.6 is 11.6 Å². The predicted octanol–water partition coefficient (Wildman–Crippen LogP) is 1.14. The first-order valence-electron chi connectivity index (χ1n) is 6.22. The van der Waals surface area contributed by atoms with Crippen LogP contribution < -0.4 is 10.0 Å². The van der Waals surface area contributed by atoms with Gasteiger partial charge >= 0.3 is 0 Å². The van der Waals surface area contributed by atoms with Gasteiger partial charge in [0.05, 0.1) is 0 Å². The molecule has 1 aliphatic heterocycles. The van der Waals surface area contributed by atoms with E-state index < -0.39 is 10.2 Å². The molecule has 0 bridgehead atoms. The van der Waals surface area contributed by atoms with Gasteiger partial charge < -0.3 is 5.32 Å². The molecule has 1 aromatic rings. The average Bonchev–Trinajstić information content (AvgIpc) is 2.39. The van der Waals surface area contributed by atoms with Crippen molar-refractivity contribution in [3.63, 3.8) is 0 Å². The average molecular weight is 304 g/mol. The summed E-state index contributed by atoms with van der Waals surface area (Å²) < 4.78 is 28.6. The number of nitrogens with zero attached hydrogens (tertiary/aromatic N) is 1. The van der Waals surface area contributed by atoms with Crippen LogP contribution in [0.1, 0.15) is 18.5 Å². The lowest BCUT2D eigenvalue weighted by Crippen LogP contribution is -2.50. The number of rotatable bonds is 4. The molecule has 1 unspecified atom stereocenters. The molecule has 2 rings (SSSR count). The number of halogens is 1. The standard InChI is InChI=1S/C12H18ClN3O2S/c1-10(11-3-2-4-12(13)9-11)15-19(17,18)16-7-5-14-6-8-16/h2-4,9-10,14-15H,5-8H2,1H3. The Bertz CT molecular complexity index is 530. The smallest absolute Gasteiger partial charge is 0.280 e. The van der Waals surface area contributed by atoms with Gasteiger partial charge in [-0.05, 0) is 24.6 Å². The van der Waals surface area contributed by atoms with Crippen molar-refractivity contribution in [1.82, 2.24) is 14.3 Å². The van der Waals surface area contributed by atoms with Gasteiger partial charge in [0.1, 0.15) is 0 Å². The fourth-order valence-corrected chi connectivity index (χ4v) is 3.62. The van der Waals surface area contributed by atoms with Crippen LogP contribution in [0.3, 0.4) is 0 Å². The maximum Gasteiger partial charge on any atom is 0.280 e. The highest BCUT2D eigenvalue weighted by Gasteiger charge is 2.25. The number of hydrogen-bond donors (Lipinski definition) is 2. The molecule has 1 atom stereocenters. The molecule has 7 heteroatoms. The zero-order valence-electron chi connectivity index (χ0n) is 10.8. The highest BCUT2D eigenvalue weighted by Crippen LogP contribution is 2.18. The third kappa shape index (κ3) is 3.90. The summed E-state index contributed by atoms with van der Waals surface area (Å²) in [5, 5.41) is 3.73. The second kappa shape index (κ2) is 6.19. The Morgan fingerprint density at radius 1 is 1.37 bits per heavy atom. The second-order valence-corrected chi connectivity index (χ2v) is 6.69. The van der Waals surface area contributed by atoms with Crippen LogP contribution in [0.4, 0.5) is 0 Å². The Labute approximate surface area is 119 Å². The molecule has 1 aliphatic rings. The molecule has 5 nitrogen and oxygen atoms in total.